The Morgan fingerprint density at radius 2 is 1.02 bits per heavy atom. The minimum Gasteiger partial charge on any atom is -0.353 e. The highest BCUT2D eigenvalue weighted by Gasteiger charge is 2.26. The van der Waals surface area contributed by atoms with Crippen molar-refractivity contribution in [2.24, 2.45) is 0 Å². The molecule has 0 aliphatic carbocycles. The highest BCUT2D eigenvalue weighted by Crippen LogP contribution is 2.44. The molecule has 4 heterocycles. The van der Waals surface area contributed by atoms with Gasteiger partial charge in [-0.3, -0.25) is 4.90 Å². The molecule has 5 nitrogen and oxygen atoms in total. The van der Waals surface area contributed by atoms with Gasteiger partial charge in [0.05, 0.1) is 28.1 Å². The molecular weight excluding hydrogens is 635 g/mol. The van der Waals surface area contributed by atoms with Crippen LogP contribution in [0.4, 0.5) is 17.2 Å². The molecule has 8 bridgehead atoms. The Morgan fingerprint density at radius 1 is 0.462 bits per heavy atom. The van der Waals surface area contributed by atoms with Crippen LogP contribution in [0.15, 0.2) is 133 Å². The lowest BCUT2D eigenvalue weighted by Gasteiger charge is -2.25. The van der Waals surface area contributed by atoms with Crippen LogP contribution in [0.25, 0.3) is 67.0 Å². The Bertz CT molecular complexity index is 2640. The van der Waals surface area contributed by atoms with Gasteiger partial charge in [0.1, 0.15) is 5.82 Å². The Balaban J connectivity index is 1.47. The van der Waals surface area contributed by atoms with Crippen molar-refractivity contribution in [1.29, 1.82) is 0 Å². The number of hydrogen-bond acceptors (Lipinski definition) is 4. The van der Waals surface area contributed by atoms with Crippen LogP contribution in [0.1, 0.15) is 52.7 Å². The molecule has 9 rings (SSSR count). The predicted octanol–water partition coefficient (Wildman–Crippen LogP) is 12.6. The summed E-state index contributed by atoms with van der Waals surface area (Å²) in [6, 6.07) is 47.3. The van der Waals surface area contributed by atoms with Crippen LogP contribution in [0, 0.1) is 0 Å². The molecule has 52 heavy (non-hydrogen) atoms. The number of fused-ring (bicyclic) bond motifs is 10. The zero-order valence-corrected chi connectivity index (χ0v) is 30.5. The van der Waals surface area contributed by atoms with Gasteiger partial charge in [-0.05, 0) is 88.7 Å². The maximum absolute atomic E-state index is 5.45. The summed E-state index contributed by atoms with van der Waals surface area (Å²) in [5.41, 5.74) is 13.1. The van der Waals surface area contributed by atoms with Crippen LogP contribution in [-0.2, 0) is 10.8 Å². The van der Waals surface area contributed by atoms with E-state index in [0.29, 0.717) is 5.82 Å². The van der Waals surface area contributed by atoms with E-state index < -0.39 is 0 Å². The summed E-state index contributed by atoms with van der Waals surface area (Å²) in [4.78, 5) is 22.3. The molecule has 8 aromatic rings. The number of rotatable bonds is 2. The minimum atomic E-state index is -0.108. The van der Waals surface area contributed by atoms with Gasteiger partial charge >= 0.3 is 0 Å². The molecule has 5 aromatic carbocycles. The largest absolute Gasteiger partial charge is 0.353 e. The van der Waals surface area contributed by atoms with E-state index >= 15 is 0 Å². The fourth-order valence-corrected chi connectivity index (χ4v) is 7.31. The molecule has 1 aliphatic heterocycles. The van der Waals surface area contributed by atoms with Crippen molar-refractivity contribution in [2.75, 3.05) is 4.90 Å². The quantitative estimate of drug-likeness (QED) is 0.198. The van der Waals surface area contributed by atoms with Gasteiger partial charge in [0.2, 0.25) is 0 Å². The van der Waals surface area contributed by atoms with Crippen molar-refractivity contribution in [1.82, 2.24) is 19.9 Å². The summed E-state index contributed by atoms with van der Waals surface area (Å²) in [7, 11) is 0. The number of aromatic nitrogens is 4. The number of anilines is 3. The SMILES string of the molecule is CC(C)(C)c1cc2c3[nH]c4c(cc(C(C)(C)C)cc4c3c1)-c1nc(-c3ccccc3)cc(n1)-c1cccc(c1)N(c1ccccc1)c1cccc-2n1. The number of hydrogen-bond donors (Lipinski definition) is 1. The van der Waals surface area contributed by atoms with Gasteiger partial charge in [-0.2, -0.15) is 0 Å². The number of H-pyrrole nitrogens is 1. The molecule has 1 aliphatic rings. The summed E-state index contributed by atoms with van der Waals surface area (Å²) < 4.78 is 0. The third kappa shape index (κ3) is 5.45. The van der Waals surface area contributed by atoms with Crippen LogP contribution in [0.3, 0.4) is 0 Å². The number of benzene rings is 5. The molecule has 0 atom stereocenters. The van der Waals surface area contributed by atoms with Gasteiger partial charge in [-0.25, -0.2) is 15.0 Å². The summed E-state index contributed by atoms with van der Waals surface area (Å²) >= 11 is 0. The summed E-state index contributed by atoms with van der Waals surface area (Å²) in [5, 5.41) is 2.34. The van der Waals surface area contributed by atoms with E-state index in [9.17, 15) is 0 Å². The Labute approximate surface area is 305 Å². The van der Waals surface area contributed by atoms with Gasteiger partial charge in [-0.15, -0.1) is 0 Å². The van der Waals surface area contributed by atoms with Crippen LogP contribution >= 0.6 is 0 Å². The lowest BCUT2D eigenvalue weighted by Crippen LogP contribution is -2.13. The van der Waals surface area contributed by atoms with Gasteiger partial charge in [0.25, 0.3) is 0 Å². The van der Waals surface area contributed by atoms with E-state index in [1.807, 2.05) is 6.07 Å². The molecule has 0 unspecified atom stereocenters. The molecule has 0 fully saturated rings. The Morgan fingerprint density at radius 3 is 1.69 bits per heavy atom. The van der Waals surface area contributed by atoms with E-state index in [1.54, 1.807) is 0 Å². The van der Waals surface area contributed by atoms with Crippen LogP contribution in [0.2, 0.25) is 0 Å². The molecule has 0 amide bonds. The lowest BCUT2D eigenvalue weighted by atomic mass is 9.83. The first kappa shape index (κ1) is 31.9. The number of aromatic amines is 1. The first-order chi connectivity index (χ1) is 25.0. The molecule has 3 aromatic heterocycles. The number of para-hydroxylation sites is 1. The lowest BCUT2D eigenvalue weighted by molar-refractivity contribution is 0.590. The second kappa shape index (κ2) is 11.7. The normalized spacial score (nSPS) is 12.8. The summed E-state index contributed by atoms with van der Waals surface area (Å²) in [6.45, 7) is 13.7. The molecule has 5 heteroatoms. The Kier molecular flexibility index (Phi) is 7.20. The number of pyridine rings is 1. The van der Waals surface area contributed by atoms with E-state index in [0.717, 1.165) is 72.9 Å². The van der Waals surface area contributed by atoms with Gasteiger partial charge in [0.15, 0.2) is 5.82 Å². The van der Waals surface area contributed by atoms with E-state index in [4.69, 9.17) is 15.0 Å². The smallest absolute Gasteiger partial charge is 0.162 e. The predicted molar refractivity (Wildman–Crippen MR) is 217 cm³/mol. The van der Waals surface area contributed by atoms with E-state index in [2.05, 4.69) is 179 Å². The second-order valence-corrected chi connectivity index (χ2v) is 15.9. The van der Waals surface area contributed by atoms with E-state index in [1.165, 1.54) is 16.5 Å². The second-order valence-electron chi connectivity index (χ2n) is 15.9. The average Bonchev–Trinajstić information content (AvgIpc) is 3.53. The average molecular weight is 676 g/mol. The van der Waals surface area contributed by atoms with Crippen LogP contribution < -0.4 is 4.90 Å². The van der Waals surface area contributed by atoms with Gasteiger partial charge in [-0.1, -0.05) is 108 Å². The minimum absolute atomic E-state index is 0.0893. The maximum atomic E-state index is 5.45. The third-order valence-corrected chi connectivity index (χ3v) is 10.2. The first-order valence-electron chi connectivity index (χ1n) is 18.0. The molecule has 1 N–H and O–H groups in total. The Hall–Kier alpha value is -6.07. The zero-order valence-electron chi connectivity index (χ0n) is 30.5. The molecule has 254 valence electrons. The van der Waals surface area contributed by atoms with Crippen LogP contribution in [0.5, 0.6) is 0 Å². The topological polar surface area (TPSA) is 57.7 Å². The van der Waals surface area contributed by atoms with Crippen molar-refractivity contribution in [2.45, 2.75) is 52.4 Å². The highest BCUT2D eigenvalue weighted by molar-refractivity contribution is 6.15. The molecule has 0 saturated heterocycles. The van der Waals surface area contributed by atoms with Crippen molar-refractivity contribution >= 4 is 39.0 Å². The van der Waals surface area contributed by atoms with Crippen molar-refractivity contribution in [3.8, 4) is 45.2 Å². The first-order valence-corrected chi connectivity index (χ1v) is 18.0. The molecule has 0 radical (unpaired) electrons. The van der Waals surface area contributed by atoms with Gasteiger partial charge in [0, 0.05) is 44.4 Å². The molecular formula is C47H41N5. The molecule has 0 saturated carbocycles. The molecule has 0 spiro atoms. The monoisotopic (exact) mass is 675 g/mol. The van der Waals surface area contributed by atoms with E-state index in [-0.39, 0.29) is 10.8 Å². The summed E-state index contributed by atoms with van der Waals surface area (Å²) in [5.74, 6) is 1.53. The van der Waals surface area contributed by atoms with Gasteiger partial charge < -0.3 is 4.98 Å². The van der Waals surface area contributed by atoms with Crippen molar-refractivity contribution in [3.63, 3.8) is 0 Å². The number of nitrogens with one attached hydrogen (secondary N) is 1. The highest BCUT2D eigenvalue weighted by atomic mass is 15.2. The third-order valence-electron chi connectivity index (χ3n) is 10.2. The van der Waals surface area contributed by atoms with Crippen molar-refractivity contribution in [3.05, 3.63) is 145 Å². The fraction of sp³-hybridized carbons (Fsp3) is 0.170. The summed E-state index contributed by atoms with van der Waals surface area (Å²) in [6.07, 6.45) is 0. The zero-order chi connectivity index (χ0) is 35.8. The van der Waals surface area contributed by atoms with Crippen LogP contribution in [-0.4, -0.2) is 19.9 Å². The fourth-order valence-electron chi connectivity index (χ4n) is 7.31. The standard InChI is InChI=1S/C47H41N5/c1-46(2,3)31-24-35-36-25-32(47(4,5)6)27-38-44(36)51-43(35)37(26-31)39-21-14-22-42(48-39)52(33-18-11-8-12-19-33)34-20-13-17-30(23-34)41-28-40(49-45(38)50-41)29-15-9-7-10-16-29/h7-28,51H,1-6H3. The number of nitrogens with zero attached hydrogens (tertiary/aromatic N) is 4. The van der Waals surface area contributed by atoms with Crippen molar-refractivity contribution < 1.29 is 0 Å². The maximum Gasteiger partial charge on any atom is 0.162 e.